The number of nitrogens with zero attached hydrogens (tertiary/aromatic N) is 1. The number of amides is 1. The maximum Gasteiger partial charge on any atom is 0.230 e. The molecule has 3 unspecified atom stereocenters. The first-order valence-electron chi connectivity index (χ1n) is 10.2. The van der Waals surface area contributed by atoms with Gasteiger partial charge in [-0.05, 0) is 62.7 Å². The molecular formula is C24H27NO5. The zero-order valence-corrected chi connectivity index (χ0v) is 17.7. The molecule has 1 aromatic heterocycles. The normalized spacial score (nSPS) is 20.3. The van der Waals surface area contributed by atoms with Gasteiger partial charge >= 0.3 is 0 Å². The maximum absolute atomic E-state index is 13.1. The Morgan fingerprint density at radius 1 is 1.13 bits per heavy atom. The van der Waals surface area contributed by atoms with Crippen LogP contribution in [0, 0.1) is 0 Å². The number of hydrogen-bond acceptors (Lipinski definition) is 5. The second kappa shape index (κ2) is 8.03. The Bertz CT molecular complexity index is 1060. The van der Waals surface area contributed by atoms with Crippen molar-refractivity contribution in [3.8, 4) is 22.8 Å². The number of hydrogen-bond donors (Lipinski definition) is 1. The van der Waals surface area contributed by atoms with Gasteiger partial charge in [-0.25, -0.2) is 0 Å². The minimum Gasteiger partial charge on any atom is -0.504 e. The highest BCUT2D eigenvalue weighted by Crippen LogP contribution is 2.35. The Morgan fingerprint density at radius 3 is 2.57 bits per heavy atom. The number of phenols is 1. The Morgan fingerprint density at radius 2 is 1.87 bits per heavy atom. The minimum atomic E-state index is -0.251. The molecule has 6 heteroatoms. The quantitative estimate of drug-likeness (QED) is 0.684. The molecule has 0 bridgehead atoms. The van der Waals surface area contributed by atoms with E-state index in [9.17, 15) is 9.90 Å². The molecule has 3 aromatic rings. The third-order valence-corrected chi connectivity index (χ3v) is 5.61. The predicted octanol–water partition coefficient (Wildman–Crippen LogP) is 4.55. The summed E-state index contributed by atoms with van der Waals surface area (Å²) in [6, 6.07) is 12.9. The van der Waals surface area contributed by atoms with Crippen LogP contribution in [0.25, 0.3) is 22.3 Å². The van der Waals surface area contributed by atoms with Crippen LogP contribution in [-0.4, -0.2) is 48.3 Å². The molecule has 1 N–H and O–H groups in total. The molecule has 1 aliphatic rings. The molecule has 0 radical (unpaired) electrons. The lowest BCUT2D eigenvalue weighted by Crippen LogP contribution is -2.49. The van der Waals surface area contributed by atoms with Crippen molar-refractivity contribution in [1.29, 1.82) is 0 Å². The lowest BCUT2D eigenvalue weighted by atomic mass is 9.97. The number of ether oxygens (including phenoxy) is 2. The smallest absolute Gasteiger partial charge is 0.230 e. The topological polar surface area (TPSA) is 72.1 Å². The number of phenolic OH excluding ortho intramolecular Hbond substituents is 1. The molecule has 2 aromatic carbocycles. The van der Waals surface area contributed by atoms with Gasteiger partial charge in [0.1, 0.15) is 11.3 Å². The van der Waals surface area contributed by atoms with Crippen molar-refractivity contribution in [3.05, 3.63) is 48.0 Å². The fraction of sp³-hybridized carbons (Fsp3) is 0.375. The number of carbonyl (C=O) groups is 1. The van der Waals surface area contributed by atoms with Crippen LogP contribution in [0.15, 0.2) is 46.9 Å². The summed E-state index contributed by atoms with van der Waals surface area (Å²) in [5.74, 6) is 1.01. The van der Waals surface area contributed by atoms with Gasteiger partial charge in [0.25, 0.3) is 0 Å². The van der Waals surface area contributed by atoms with Crippen molar-refractivity contribution >= 4 is 16.9 Å². The predicted molar refractivity (Wildman–Crippen MR) is 115 cm³/mol. The van der Waals surface area contributed by atoms with Crippen molar-refractivity contribution < 1.29 is 23.8 Å². The lowest BCUT2D eigenvalue weighted by molar-refractivity contribution is -0.144. The highest BCUT2D eigenvalue weighted by Gasteiger charge is 2.29. The first-order chi connectivity index (χ1) is 14.4. The van der Waals surface area contributed by atoms with Crippen LogP contribution < -0.4 is 4.74 Å². The van der Waals surface area contributed by atoms with E-state index in [2.05, 4.69) is 0 Å². The van der Waals surface area contributed by atoms with Gasteiger partial charge in [0.2, 0.25) is 5.91 Å². The molecular weight excluding hydrogens is 382 g/mol. The highest BCUT2D eigenvalue weighted by atomic mass is 16.5. The van der Waals surface area contributed by atoms with Crippen molar-refractivity contribution in [3.63, 3.8) is 0 Å². The third-order valence-electron chi connectivity index (χ3n) is 5.61. The van der Waals surface area contributed by atoms with Crippen molar-refractivity contribution in [1.82, 2.24) is 4.90 Å². The molecule has 0 spiro atoms. The fourth-order valence-electron chi connectivity index (χ4n) is 4.08. The maximum atomic E-state index is 13.1. The average Bonchev–Trinajstić information content (AvgIpc) is 3.15. The molecule has 3 atom stereocenters. The lowest BCUT2D eigenvalue weighted by Gasteiger charge is -2.36. The monoisotopic (exact) mass is 409 g/mol. The van der Waals surface area contributed by atoms with Crippen molar-refractivity contribution in [2.45, 2.75) is 38.9 Å². The van der Waals surface area contributed by atoms with Gasteiger partial charge < -0.3 is 23.9 Å². The van der Waals surface area contributed by atoms with E-state index in [4.69, 9.17) is 13.9 Å². The molecule has 4 rings (SSSR count). The van der Waals surface area contributed by atoms with Crippen LogP contribution in [0.4, 0.5) is 0 Å². The second-order valence-electron chi connectivity index (χ2n) is 8.02. The molecule has 2 heterocycles. The molecule has 0 saturated carbocycles. The fourth-order valence-corrected chi connectivity index (χ4v) is 4.08. The number of methoxy groups -OCH3 is 1. The van der Waals surface area contributed by atoms with Gasteiger partial charge in [-0.2, -0.15) is 0 Å². The van der Waals surface area contributed by atoms with E-state index in [1.165, 1.54) is 7.11 Å². The summed E-state index contributed by atoms with van der Waals surface area (Å²) in [4.78, 5) is 15.0. The van der Waals surface area contributed by atoms with Crippen LogP contribution in [0.2, 0.25) is 0 Å². The molecule has 1 fully saturated rings. The van der Waals surface area contributed by atoms with Gasteiger partial charge in [0.05, 0.1) is 25.2 Å². The summed E-state index contributed by atoms with van der Waals surface area (Å²) in [6.07, 6.45) is 0.0947. The SMILES string of the molecule is COc1cc(-c2cc3cc(C(C)C(=O)N4CC(C)OC(C)C4)ccc3o2)ccc1O. The van der Waals surface area contributed by atoms with E-state index in [-0.39, 0.29) is 29.8 Å². The molecule has 158 valence electrons. The molecule has 1 aliphatic heterocycles. The molecule has 1 amide bonds. The van der Waals surface area contributed by atoms with E-state index in [0.29, 0.717) is 24.6 Å². The number of fused-ring (bicyclic) bond motifs is 1. The van der Waals surface area contributed by atoms with Crippen LogP contribution >= 0.6 is 0 Å². The third kappa shape index (κ3) is 3.87. The molecule has 1 saturated heterocycles. The number of morpholine rings is 1. The molecule has 6 nitrogen and oxygen atoms in total. The first kappa shape index (κ1) is 20.3. The standard InChI is InChI=1S/C24H27NO5/c1-14-12-25(13-15(2)29-14)24(27)16(3)17-6-8-21-19(9-17)11-22(30-21)18-5-7-20(26)23(10-18)28-4/h5-11,14-16,26H,12-13H2,1-4H3. The zero-order valence-electron chi connectivity index (χ0n) is 17.7. The van der Waals surface area contributed by atoms with Gasteiger partial charge in [0.15, 0.2) is 11.5 Å². The largest absolute Gasteiger partial charge is 0.504 e. The Hall–Kier alpha value is -2.99. The number of benzene rings is 2. The van der Waals surface area contributed by atoms with Gasteiger partial charge in [0, 0.05) is 24.0 Å². The second-order valence-corrected chi connectivity index (χ2v) is 8.02. The Kier molecular flexibility index (Phi) is 5.43. The van der Waals surface area contributed by atoms with E-state index >= 15 is 0 Å². The summed E-state index contributed by atoms with van der Waals surface area (Å²) in [5, 5.41) is 10.7. The number of furan rings is 1. The van der Waals surface area contributed by atoms with E-state index < -0.39 is 0 Å². The summed E-state index contributed by atoms with van der Waals surface area (Å²) in [7, 11) is 1.51. The number of carbonyl (C=O) groups excluding carboxylic acids is 1. The molecule has 0 aliphatic carbocycles. The minimum absolute atomic E-state index is 0.0473. The van der Waals surface area contributed by atoms with E-state index in [1.807, 2.05) is 49.9 Å². The number of rotatable bonds is 4. The van der Waals surface area contributed by atoms with Crippen LogP contribution in [-0.2, 0) is 9.53 Å². The van der Waals surface area contributed by atoms with Crippen molar-refractivity contribution in [2.24, 2.45) is 0 Å². The molecule has 30 heavy (non-hydrogen) atoms. The zero-order chi connectivity index (χ0) is 21.4. The van der Waals surface area contributed by atoms with E-state index in [1.54, 1.807) is 18.2 Å². The van der Waals surface area contributed by atoms with E-state index in [0.717, 1.165) is 22.1 Å². The van der Waals surface area contributed by atoms with Gasteiger partial charge in [-0.1, -0.05) is 6.07 Å². The van der Waals surface area contributed by atoms with Crippen LogP contribution in [0.3, 0.4) is 0 Å². The summed E-state index contributed by atoms with van der Waals surface area (Å²) < 4.78 is 16.9. The van der Waals surface area contributed by atoms with Crippen LogP contribution in [0.1, 0.15) is 32.3 Å². The Labute approximate surface area is 176 Å². The highest BCUT2D eigenvalue weighted by molar-refractivity contribution is 5.88. The summed E-state index contributed by atoms with van der Waals surface area (Å²) >= 11 is 0. The Balaban J connectivity index is 1.60. The van der Waals surface area contributed by atoms with Gasteiger partial charge in [-0.3, -0.25) is 4.79 Å². The summed E-state index contributed by atoms with van der Waals surface area (Å²) in [6.45, 7) is 7.18. The summed E-state index contributed by atoms with van der Waals surface area (Å²) in [5.41, 5.74) is 2.51. The number of aromatic hydroxyl groups is 1. The van der Waals surface area contributed by atoms with Crippen molar-refractivity contribution in [2.75, 3.05) is 20.2 Å². The average molecular weight is 409 g/mol. The first-order valence-corrected chi connectivity index (χ1v) is 10.2. The van der Waals surface area contributed by atoms with Gasteiger partial charge in [-0.15, -0.1) is 0 Å². The van der Waals surface area contributed by atoms with Crippen LogP contribution in [0.5, 0.6) is 11.5 Å².